The van der Waals surface area contributed by atoms with Gasteiger partial charge < -0.3 is 19.9 Å². The van der Waals surface area contributed by atoms with Crippen LogP contribution in [0.3, 0.4) is 0 Å². The van der Waals surface area contributed by atoms with Crippen molar-refractivity contribution in [1.82, 2.24) is 0 Å². The van der Waals surface area contributed by atoms with Crippen LogP contribution in [0, 0.1) is 0 Å². The Balaban J connectivity index is 1.63. The second-order valence-corrected chi connectivity index (χ2v) is 4.66. The van der Waals surface area contributed by atoms with Gasteiger partial charge in [0.05, 0.1) is 31.1 Å². The molecule has 2 aliphatic rings. The zero-order valence-electron chi connectivity index (χ0n) is 9.67. The topological polar surface area (TPSA) is 60.3 Å². The number of nitrogen functional groups attached to an aromatic ring is 1. The lowest BCUT2D eigenvalue weighted by atomic mass is 10.1. The molecule has 4 nitrogen and oxygen atoms in total. The smallest absolute Gasteiger partial charge is 0.142 e. The Bertz CT molecular complexity index is 374. The summed E-state index contributed by atoms with van der Waals surface area (Å²) in [6.07, 6.45) is 2.72. The second-order valence-electron chi connectivity index (χ2n) is 4.66. The molecule has 17 heavy (non-hydrogen) atoms. The van der Waals surface area contributed by atoms with Gasteiger partial charge in [0.25, 0.3) is 0 Å². The van der Waals surface area contributed by atoms with Gasteiger partial charge in [-0.05, 0) is 12.1 Å². The summed E-state index contributed by atoms with van der Waals surface area (Å²) < 4.78 is 16.5. The summed E-state index contributed by atoms with van der Waals surface area (Å²) in [5.74, 6) is 0.763. The molecular formula is C13H17NO3. The molecule has 3 rings (SSSR count). The van der Waals surface area contributed by atoms with Crippen LogP contribution in [-0.2, 0) is 9.47 Å². The van der Waals surface area contributed by atoms with Crippen molar-refractivity contribution in [2.75, 3.05) is 18.9 Å². The van der Waals surface area contributed by atoms with Gasteiger partial charge >= 0.3 is 0 Å². The largest absolute Gasteiger partial charge is 0.488 e. The van der Waals surface area contributed by atoms with Gasteiger partial charge in [-0.3, -0.25) is 0 Å². The van der Waals surface area contributed by atoms with E-state index in [-0.39, 0.29) is 6.10 Å². The molecule has 4 heteroatoms. The van der Waals surface area contributed by atoms with Crippen LogP contribution in [0.4, 0.5) is 5.69 Å². The molecule has 2 saturated heterocycles. The van der Waals surface area contributed by atoms with E-state index in [1.165, 1.54) is 0 Å². The standard InChI is InChI=1S/C13H17NO3/c14-12-3-1-2-4-13(12)17-9(5-10-7-15-10)6-11-8-16-11/h1-4,9-11H,5-8,14H2. The second kappa shape index (κ2) is 4.55. The third-order valence-electron chi connectivity index (χ3n) is 3.07. The summed E-state index contributed by atoms with van der Waals surface area (Å²) in [6, 6.07) is 7.60. The molecule has 2 unspecified atom stereocenters. The minimum Gasteiger partial charge on any atom is -0.488 e. The molecular weight excluding hydrogens is 218 g/mol. The van der Waals surface area contributed by atoms with E-state index in [9.17, 15) is 0 Å². The Morgan fingerprint density at radius 2 is 1.76 bits per heavy atom. The first-order valence-corrected chi connectivity index (χ1v) is 6.05. The van der Waals surface area contributed by atoms with Gasteiger partial charge in [-0.2, -0.15) is 0 Å². The van der Waals surface area contributed by atoms with E-state index < -0.39 is 0 Å². The van der Waals surface area contributed by atoms with Gasteiger partial charge in [0.15, 0.2) is 0 Å². The first kappa shape index (κ1) is 10.9. The summed E-state index contributed by atoms with van der Waals surface area (Å²) >= 11 is 0. The number of nitrogens with two attached hydrogens (primary N) is 1. The molecule has 2 atom stereocenters. The molecule has 2 fully saturated rings. The minimum atomic E-state index is 0.139. The van der Waals surface area contributed by atoms with Crippen molar-refractivity contribution in [2.45, 2.75) is 31.2 Å². The number of benzene rings is 1. The molecule has 0 aromatic heterocycles. The monoisotopic (exact) mass is 235 g/mol. The van der Waals surface area contributed by atoms with Crippen molar-refractivity contribution in [3.63, 3.8) is 0 Å². The first-order valence-electron chi connectivity index (χ1n) is 6.05. The Labute approximate surface area is 101 Å². The number of hydrogen-bond donors (Lipinski definition) is 1. The van der Waals surface area contributed by atoms with Crippen LogP contribution in [0.15, 0.2) is 24.3 Å². The van der Waals surface area contributed by atoms with Crippen LogP contribution < -0.4 is 10.5 Å². The molecule has 1 aromatic rings. The maximum Gasteiger partial charge on any atom is 0.142 e. The van der Waals surface area contributed by atoms with Crippen molar-refractivity contribution in [3.8, 4) is 5.75 Å². The van der Waals surface area contributed by atoms with E-state index in [1.54, 1.807) is 0 Å². The summed E-state index contributed by atoms with van der Waals surface area (Å²) in [5, 5.41) is 0. The molecule has 92 valence electrons. The van der Waals surface area contributed by atoms with Crippen LogP contribution in [-0.4, -0.2) is 31.5 Å². The predicted molar refractivity (Wildman–Crippen MR) is 64.0 cm³/mol. The van der Waals surface area contributed by atoms with E-state index in [4.69, 9.17) is 19.9 Å². The van der Waals surface area contributed by atoms with E-state index >= 15 is 0 Å². The number of epoxide rings is 2. The Kier molecular flexibility index (Phi) is 2.91. The lowest BCUT2D eigenvalue weighted by Crippen LogP contribution is -2.21. The van der Waals surface area contributed by atoms with Crippen molar-refractivity contribution in [1.29, 1.82) is 0 Å². The summed E-state index contributed by atoms with van der Waals surface area (Å²) in [4.78, 5) is 0. The first-order chi connectivity index (χ1) is 8.31. The maximum atomic E-state index is 5.96. The summed E-state index contributed by atoms with van der Waals surface area (Å²) in [5.41, 5.74) is 6.56. The number of rotatable bonds is 6. The van der Waals surface area contributed by atoms with Gasteiger partial charge in [0.2, 0.25) is 0 Å². The van der Waals surface area contributed by atoms with Crippen LogP contribution >= 0.6 is 0 Å². The molecule has 2 heterocycles. The van der Waals surface area contributed by atoms with Crippen LogP contribution in [0.25, 0.3) is 0 Å². The van der Waals surface area contributed by atoms with Gasteiger partial charge in [0.1, 0.15) is 11.9 Å². The zero-order chi connectivity index (χ0) is 11.7. The molecule has 1 aromatic carbocycles. The van der Waals surface area contributed by atoms with Crippen molar-refractivity contribution >= 4 is 5.69 Å². The quantitative estimate of drug-likeness (QED) is 0.601. The van der Waals surface area contributed by atoms with Gasteiger partial charge in [-0.1, -0.05) is 12.1 Å². The average Bonchev–Trinajstić information content (AvgIpc) is 3.17. The fourth-order valence-corrected chi connectivity index (χ4v) is 1.95. The Morgan fingerprint density at radius 3 is 2.29 bits per heavy atom. The molecule has 0 spiro atoms. The number of para-hydroxylation sites is 2. The molecule has 0 amide bonds. The summed E-state index contributed by atoms with van der Waals surface area (Å²) in [6.45, 7) is 1.71. The molecule has 2 N–H and O–H groups in total. The SMILES string of the molecule is Nc1ccccc1OC(CC1CO1)CC1CO1. The van der Waals surface area contributed by atoms with Crippen molar-refractivity contribution < 1.29 is 14.2 Å². The molecule has 0 aliphatic carbocycles. The lowest BCUT2D eigenvalue weighted by molar-refractivity contribution is 0.156. The highest BCUT2D eigenvalue weighted by atomic mass is 16.6. The van der Waals surface area contributed by atoms with Crippen molar-refractivity contribution in [3.05, 3.63) is 24.3 Å². The number of anilines is 1. The number of ether oxygens (including phenoxy) is 3. The van der Waals surface area contributed by atoms with Gasteiger partial charge in [-0.25, -0.2) is 0 Å². The van der Waals surface area contributed by atoms with E-state index in [2.05, 4.69) is 0 Å². The van der Waals surface area contributed by atoms with Gasteiger partial charge in [-0.15, -0.1) is 0 Å². The van der Waals surface area contributed by atoms with Gasteiger partial charge in [0, 0.05) is 12.8 Å². The third kappa shape index (κ3) is 3.11. The highest BCUT2D eigenvalue weighted by Gasteiger charge is 2.33. The number of hydrogen-bond acceptors (Lipinski definition) is 4. The Morgan fingerprint density at radius 1 is 1.18 bits per heavy atom. The third-order valence-corrected chi connectivity index (χ3v) is 3.07. The van der Waals surface area contributed by atoms with Crippen LogP contribution in [0.1, 0.15) is 12.8 Å². The molecule has 0 bridgehead atoms. The highest BCUT2D eigenvalue weighted by molar-refractivity contribution is 5.51. The van der Waals surface area contributed by atoms with Crippen molar-refractivity contribution in [2.24, 2.45) is 0 Å². The lowest BCUT2D eigenvalue weighted by Gasteiger charge is -2.18. The minimum absolute atomic E-state index is 0.139. The summed E-state index contributed by atoms with van der Waals surface area (Å²) in [7, 11) is 0. The highest BCUT2D eigenvalue weighted by Crippen LogP contribution is 2.28. The molecule has 2 aliphatic heterocycles. The molecule has 0 radical (unpaired) electrons. The average molecular weight is 235 g/mol. The normalized spacial score (nSPS) is 27.5. The zero-order valence-corrected chi connectivity index (χ0v) is 9.67. The van der Waals surface area contributed by atoms with E-state index in [0.29, 0.717) is 17.9 Å². The van der Waals surface area contributed by atoms with E-state index in [0.717, 1.165) is 31.8 Å². The fraction of sp³-hybridized carbons (Fsp3) is 0.538. The predicted octanol–water partition coefficient (Wildman–Crippen LogP) is 1.59. The van der Waals surface area contributed by atoms with Crippen LogP contribution in [0.2, 0.25) is 0 Å². The van der Waals surface area contributed by atoms with Crippen LogP contribution in [0.5, 0.6) is 5.75 Å². The Hall–Kier alpha value is -1.26. The molecule has 0 saturated carbocycles. The maximum absolute atomic E-state index is 5.96. The fourth-order valence-electron chi connectivity index (χ4n) is 1.95. The van der Waals surface area contributed by atoms with E-state index in [1.807, 2.05) is 24.3 Å².